The Morgan fingerprint density at radius 3 is 2.31 bits per heavy atom. The maximum atomic E-state index is 12.9. The van der Waals surface area contributed by atoms with Gasteiger partial charge in [0, 0.05) is 37.3 Å². The lowest BCUT2D eigenvalue weighted by Gasteiger charge is -2.39. The van der Waals surface area contributed by atoms with E-state index in [1.807, 2.05) is 49.1 Å². The van der Waals surface area contributed by atoms with Crippen LogP contribution in [-0.2, 0) is 17.5 Å². The molecule has 0 saturated carbocycles. The molecule has 2 aromatic rings. The number of anilines is 1. The van der Waals surface area contributed by atoms with Crippen molar-refractivity contribution in [1.82, 2.24) is 4.90 Å². The number of piperidine rings is 1. The molecular formula is C23H27F3N2O. The van der Waals surface area contributed by atoms with Gasteiger partial charge < -0.3 is 4.90 Å². The zero-order valence-corrected chi connectivity index (χ0v) is 16.8. The summed E-state index contributed by atoms with van der Waals surface area (Å²) in [5.41, 5.74) is 0.960. The molecule has 6 heteroatoms. The highest BCUT2D eigenvalue weighted by Crippen LogP contribution is 2.30. The first-order valence-corrected chi connectivity index (χ1v) is 10.0. The molecule has 1 saturated heterocycles. The molecule has 0 radical (unpaired) electrons. The van der Waals surface area contributed by atoms with Crippen LogP contribution in [0.3, 0.4) is 0 Å². The van der Waals surface area contributed by atoms with Gasteiger partial charge >= 0.3 is 6.18 Å². The summed E-state index contributed by atoms with van der Waals surface area (Å²) in [6.45, 7) is 5.79. The molecule has 0 N–H and O–H groups in total. The van der Waals surface area contributed by atoms with Crippen molar-refractivity contribution in [3.8, 4) is 0 Å². The molecule has 0 spiro atoms. The lowest BCUT2D eigenvalue weighted by atomic mass is 9.99. The Kier molecular flexibility index (Phi) is 6.63. The number of carbonyl (C=O) groups excluding carboxylic acids is 1. The van der Waals surface area contributed by atoms with Crippen LogP contribution in [0.25, 0.3) is 0 Å². The first-order valence-electron chi connectivity index (χ1n) is 10.0. The number of rotatable bonds is 5. The molecule has 3 nitrogen and oxygen atoms in total. The fourth-order valence-electron chi connectivity index (χ4n) is 3.82. The van der Waals surface area contributed by atoms with Crippen molar-refractivity contribution >= 4 is 11.6 Å². The van der Waals surface area contributed by atoms with E-state index in [-0.39, 0.29) is 17.9 Å². The minimum Gasteiger partial charge on any atom is -0.309 e. The number of amides is 1. The third-order valence-corrected chi connectivity index (χ3v) is 5.35. The summed E-state index contributed by atoms with van der Waals surface area (Å²) >= 11 is 0. The minimum absolute atomic E-state index is 0.0988. The third-order valence-electron chi connectivity index (χ3n) is 5.35. The number of halogens is 3. The highest BCUT2D eigenvalue weighted by Gasteiger charge is 2.32. The normalized spacial score (nSPS) is 16.2. The van der Waals surface area contributed by atoms with Crippen LogP contribution in [0.5, 0.6) is 0 Å². The number of hydrogen-bond acceptors (Lipinski definition) is 2. The van der Waals surface area contributed by atoms with Crippen LogP contribution >= 0.6 is 0 Å². The lowest BCUT2D eigenvalue weighted by Crippen LogP contribution is -2.48. The zero-order valence-electron chi connectivity index (χ0n) is 16.8. The Hall–Kier alpha value is -2.34. The second-order valence-corrected chi connectivity index (χ2v) is 7.90. The van der Waals surface area contributed by atoms with Crippen molar-refractivity contribution in [2.75, 3.05) is 18.0 Å². The van der Waals surface area contributed by atoms with Crippen molar-refractivity contribution in [2.45, 2.75) is 45.5 Å². The second-order valence-electron chi connectivity index (χ2n) is 7.90. The van der Waals surface area contributed by atoms with Crippen LogP contribution in [0.2, 0.25) is 0 Å². The number of alkyl halides is 3. The molecule has 0 bridgehead atoms. The van der Waals surface area contributed by atoms with E-state index in [0.29, 0.717) is 12.1 Å². The standard InChI is InChI=1S/C23H27F3N2O/c1-17(2)22(29)28(20-9-4-3-5-10-20)21-11-13-27(14-12-21)16-18-7-6-8-19(15-18)23(24,25)26/h3-10,15,17,21H,11-14,16H2,1-2H3. The molecule has 156 valence electrons. The van der Waals surface area contributed by atoms with Crippen molar-refractivity contribution in [2.24, 2.45) is 5.92 Å². The predicted octanol–water partition coefficient (Wildman–Crippen LogP) is 5.36. The summed E-state index contributed by atoms with van der Waals surface area (Å²) < 4.78 is 38.8. The van der Waals surface area contributed by atoms with Gasteiger partial charge in [-0.15, -0.1) is 0 Å². The molecule has 2 aromatic carbocycles. The summed E-state index contributed by atoms with van der Waals surface area (Å²) in [5, 5.41) is 0. The van der Waals surface area contributed by atoms with Gasteiger partial charge in [0.1, 0.15) is 0 Å². The Labute approximate surface area is 170 Å². The van der Waals surface area contributed by atoms with Crippen LogP contribution in [0.1, 0.15) is 37.8 Å². The molecule has 0 aliphatic carbocycles. The molecule has 1 aliphatic heterocycles. The lowest BCUT2D eigenvalue weighted by molar-refractivity contribution is -0.137. The molecule has 0 unspecified atom stereocenters. The van der Waals surface area contributed by atoms with Crippen LogP contribution in [0, 0.1) is 5.92 Å². The van der Waals surface area contributed by atoms with Gasteiger partial charge in [-0.1, -0.05) is 50.2 Å². The number of nitrogens with zero attached hydrogens (tertiary/aromatic N) is 2. The summed E-state index contributed by atoms with van der Waals surface area (Å²) in [5.74, 6) is 0.00544. The largest absolute Gasteiger partial charge is 0.416 e. The van der Waals surface area contributed by atoms with Crippen molar-refractivity contribution < 1.29 is 18.0 Å². The molecule has 1 amide bonds. The fourth-order valence-corrected chi connectivity index (χ4v) is 3.82. The molecular weight excluding hydrogens is 377 g/mol. The van der Waals surface area contributed by atoms with Gasteiger partial charge in [-0.25, -0.2) is 0 Å². The highest BCUT2D eigenvalue weighted by atomic mass is 19.4. The van der Waals surface area contributed by atoms with Crippen LogP contribution in [0.4, 0.5) is 18.9 Å². The van der Waals surface area contributed by atoms with E-state index in [4.69, 9.17) is 0 Å². The van der Waals surface area contributed by atoms with Gasteiger partial charge in [0.2, 0.25) is 5.91 Å². The van der Waals surface area contributed by atoms with Gasteiger partial charge in [0.25, 0.3) is 0 Å². The van der Waals surface area contributed by atoms with E-state index in [1.54, 1.807) is 6.07 Å². The van der Waals surface area contributed by atoms with Crippen molar-refractivity contribution in [3.63, 3.8) is 0 Å². The van der Waals surface area contributed by atoms with Gasteiger partial charge in [-0.05, 0) is 36.6 Å². The first kappa shape index (κ1) is 21.4. The Morgan fingerprint density at radius 2 is 1.72 bits per heavy atom. The molecule has 1 heterocycles. The molecule has 3 rings (SSSR count). The number of likely N-dealkylation sites (tertiary alicyclic amines) is 1. The van der Waals surface area contributed by atoms with Gasteiger partial charge in [-0.2, -0.15) is 13.2 Å². The Balaban J connectivity index is 1.66. The zero-order chi connectivity index (χ0) is 21.0. The van der Waals surface area contributed by atoms with Gasteiger partial charge in [-0.3, -0.25) is 9.69 Å². The first-order chi connectivity index (χ1) is 13.8. The van der Waals surface area contributed by atoms with Crippen LogP contribution in [0.15, 0.2) is 54.6 Å². The number of carbonyl (C=O) groups is 1. The molecule has 0 atom stereocenters. The summed E-state index contributed by atoms with van der Waals surface area (Å²) in [4.78, 5) is 16.9. The topological polar surface area (TPSA) is 23.6 Å². The summed E-state index contributed by atoms with van der Waals surface area (Å²) in [6, 6.07) is 15.3. The van der Waals surface area contributed by atoms with Gasteiger partial charge in [0.05, 0.1) is 5.56 Å². The molecule has 0 aromatic heterocycles. The van der Waals surface area contributed by atoms with Crippen LogP contribution in [-0.4, -0.2) is 29.9 Å². The van der Waals surface area contributed by atoms with E-state index in [0.717, 1.165) is 37.7 Å². The van der Waals surface area contributed by atoms with Crippen molar-refractivity contribution in [1.29, 1.82) is 0 Å². The molecule has 29 heavy (non-hydrogen) atoms. The van der Waals surface area contributed by atoms with E-state index in [2.05, 4.69) is 4.90 Å². The van der Waals surface area contributed by atoms with E-state index in [1.165, 1.54) is 12.1 Å². The smallest absolute Gasteiger partial charge is 0.309 e. The number of benzene rings is 2. The maximum absolute atomic E-state index is 12.9. The third kappa shape index (κ3) is 5.38. The average Bonchev–Trinajstić information content (AvgIpc) is 2.70. The maximum Gasteiger partial charge on any atom is 0.416 e. The molecule has 1 fully saturated rings. The fraction of sp³-hybridized carbons (Fsp3) is 0.435. The van der Waals surface area contributed by atoms with E-state index < -0.39 is 11.7 Å². The minimum atomic E-state index is -4.32. The Bertz CT molecular complexity index is 812. The monoisotopic (exact) mass is 404 g/mol. The second kappa shape index (κ2) is 8.99. The summed E-state index contributed by atoms with van der Waals surface area (Å²) in [6.07, 6.45) is -2.73. The SMILES string of the molecule is CC(C)C(=O)N(c1ccccc1)C1CCN(Cc2cccc(C(F)(F)F)c2)CC1. The quantitative estimate of drug-likeness (QED) is 0.670. The Morgan fingerprint density at radius 1 is 1.07 bits per heavy atom. The van der Waals surface area contributed by atoms with E-state index in [9.17, 15) is 18.0 Å². The average molecular weight is 404 g/mol. The summed E-state index contributed by atoms with van der Waals surface area (Å²) in [7, 11) is 0. The number of para-hydroxylation sites is 1. The predicted molar refractivity (Wildman–Crippen MR) is 109 cm³/mol. The number of hydrogen-bond donors (Lipinski definition) is 0. The van der Waals surface area contributed by atoms with Crippen LogP contribution < -0.4 is 4.90 Å². The van der Waals surface area contributed by atoms with Gasteiger partial charge in [0.15, 0.2) is 0 Å². The highest BCUT2D eigenvalue weighted by molar-refractivity contribution is 5.95. The molecule has 1 aliphatic rings. The van der Waals surface area contributed by atoms with E-state index >= 15 is 0 Å². The van der Waals surface area contributed by atoms with Crippen molar-refractivity contribution in [3.05, 3.63) is 65.7 Å².